The van der Waals surface area contributed by atoms with Gasteiger partial charge in [0.1, 0.15) is 0 Å². The van der Waals surface area contributed by atoms with Crippen LogP contribution in [-0.4, -0.2) is 7.37 Å². The highest BCUT2D eigenvalue weighted by atomic mass is 127. The van der Waals surface area contributed by atoms with E-state index in [0.717, 1.165) is 6.04 Å². The fourth-order valence-corrected chi connectivity index (χ4v) is 1.38. The molecule has 0 atom stereocenters. The number of hydrogen-bond donors (Lipinski definition) is 0. The van der Waals surface area contributed by atoms with Crippen molar-refractivity contribution >= 4 is 45.7 Å². The SMILES string of the molecule is IN(I)C1CC1. The maximum Gasteiger partial charge on any atom is 0.0311 e. The highest BCUT2D eigenvalue weighted by Crippen LogP contribution is 2.32. The summed E-state index contributed by atoms with van der Waals surface area (Å²) < 4.78 is 2.22. The van der Waals surface area contributed by atoms with Crippen molar-refractivity contribution in [3.63, 3.8) is 0 Å². The second-order valence-electron chi connectivity index (χ2n) is 1.49. The molecule has 1 fully saturated rings. The summed E-state index contributed by atoms with van der Waals surface area (Å²) in [4.78, 5) is 0. The van der Waals surface area contributed by atoms with Gasteiger partial charge in [-0.1, -0.05) is 0 Å². The molecule has 0 bridgehead atoms. The smallest absolute Gasteiger partial charge is 0.0311 e. The van der Waals surface area contributed by atoms with E-state index in [4.69, 9.17) is 0 Å². The Morgan fingerprint density at radius 1 is 1.33 bits per heavy atom. The largest absolute Gasteiger partial charge is 0.185 e. The van der Waals surface area contributed by atoms with Crippen LogP contribution in [-0.2, 0) is 0 Å². The van der Waals surface area contributed by atoms with E-state index in [1.54, 1.807) is 0 Å². The van der Waals surface area contributed by atoms with Crippen molar-refractivity contribution in [1.29, 1.82) is 0 Å². The molecule has 0 saturated heterocycles. The van der Waals surface area contributed by atoms with E-state index < -0.39 is 0 Å². The summed E-state index contributed by atoms with van der Waals surface area (Å²) in [5, 5.41) is 0. The average Bonchev–Trinajstić information content (AvgIpc) is 2.06. The lowest BCUT2D eigenvalue weighted by Crippen LogP contribution is -1.94. The monoisotopic (exact) mass is 309 g/mol. The van der Waals surface area contributed by atoms with Gasteiger partial charge in [-0.25, -0.2) is 0 Å². The molecule has 0 heterocycles. The summed E-state index contributed by atoms with van der Waals surface area (Å²) in [7, 11) is 0. The molecule has 0 radical (unpaired) electrons. The van der Waals surface area contributed by atoms with Gasteiger partial charge in [0.25, 0.3) is 0 Å². The molecule has 1 aliphatic rings. The normalized spacial score (nSPS) is 22.5. The molecule has 0 spiro atoms. The van der Waals surface area contributed by atoms with E-state index in [2.05, 4.69) is 47.1 Å². The van der Waals surface area contributed by atoms with Crippen molar-refractivity contribution < 1.29 is 0 Å². The van der Waals surface area contributed by atoms with Gasteiger partial charge < -0.3 is 0 Å². The van der Waals surface area contributed by atoms with Crippen LogP contribution in [0.2, 0.25) is 0 Å². The highest BCUT2D eigenvalue weighted by molar-refractivity contribution is 14.2. The van der Waals surface area contributed by atoms with Crippen LogP contribution in [0.1, 0.15) is 12.8 Å². The molecular weight excluding hydrogens is 304 g/mol. The molecule has 0 unspecified atom stereocenters. The molecule has 1 rings (SSSR count). The van der Waals surface area contributed by atoms with E-state index in [1.165, 1.54) is 12.8 Å². The Hall–Kier alpha value is 1.42. The van der Waals surface area contributed by atoms with Gasteiger partial charge in [0, 0.05) is 51.8 Å². The zero-order valence-electron chi connectivity index (χ0n) is 3.19. The van der Waals surface area contributed by atoms with Gasteiger partial charge in [-0.15, -0.1) is 0 Å². The molecule has 36 valence electrons. The van der Waals surface area contributed by atoms with Gasteiger partial charge in [0.2, 0.25) is 0 Å². The van der Waals surface area contributed by atoms with E-state index in [-0.39, 0.29) is 0 Å². The Kier molecular flexibility index (Phi) is 1.97. The molecule has 0 aromatic carbocycles. The number of rotatable bonds is 1. The predicted molar refractivity (Wildman–Crippen MR) is 42.9 cm³/mol. The van der Waals surface area contributed by atoms with Gasteiger partial charge >= 0.3 is 0 Å². The molecule has 3 heteroatoms. The molecule has 6 heavy (non-hydrogen) atoms. The topological polar surface area (TPSA) is 3.24 Å². The van der Waals surface area contributed by atoms with Crippen molar-refractivity contribution in [3.05, 3.63) is 0 Å². The van der Waals surface area contributed by atoms with Crippen LogP contribution in [0.25, 0.3) is 0 Å². The second-order valence-corrected chi connectivity index (χ2v) is 5.42. The maximum absolute atomic E-state index is 2.31. The first-order valence-electron chi connectivity index (χ1n) is 1.91. The van der Waals surface area contributed by atoms with Crippen molar-refractivity contribution in [2.24, 2.45) is 0 Å². The molecule has 0 aromatic heterocycles. The minimum absolute atomic E-state index is 0.909. The van der Waals surface area contributed by atoms with Gasteiger partial charge in [0.05, 0.1) is 0 Å². The summed E-state index contributed by atoms with van der Waals surface area (Å²) in [6.45, 7) is 0. The third-order valence-electron chi connectivity index (χ3n) is 0.823. The average molecular weight is 309 g/mol. The molecule has 0 aliphatic heterocycles. The van der Waals surface area contributed by atoms with Crippen LogP contribution >= 0.6 is 45.7 Å². The van der Waals surface area contributed by atoms with Gasteiger partial charge in [-0.3, -0.25) is 0 Å². The molecule has 1 nitrogen and oxygen atoms in total. The lowest BCUT2D eigenvalue weighted by atomic mass is 10.8. The van der Waals surface area contributed by atoms with Gasteiger partial charge in [-0.05, 0) is 12.8 Å². The van der Waals surface area contributed by atoms with E-state index in [1.807, 2.05) is 0 Å². The fraction of sp³-hybridized carbons (Fsp3) is 1.00. The molecular formula is C3H5I2N. The molecule has 1 aliphatic carbocycles. The third-order valence-corrected chi connectivity index (χ3v) is 2.40. The van der Waals surface area contributed by atoms with Gasteiger partial charge in [-0.2, -0.15) is 1.33 Å². The first kappa shape index (κ1) is 5.55. The molecule has 0 N–H and O–H groups in total. The standard InChI is InChI=1S/C3H5I2N/c4-6(5)3-1-2-3/h3H,1-2H2. The van der Waals surface area contributed by atoms with Crippen molar-refractivity contribution in [2.45, 2.75) is 18.9 Å². The first-order valence-corrected chi connectivity index (χ1v) is 3.84. The number of hydrogen-bond acceptors (Lipinski definition) is 1. The Bertz CT molecular complexity index is 50.8. The van der Waals surface area contributed by atoms with Crippen LogP contribution in [0.5, 0.6) is 0 Å². The van der Waals surface area contributed by atoms with E-state index in [9.17, 15) is 0 Å². The number of nitrogens with zero attached hydrogens (tertiary/aromatic N) is 1. The number of halogens is 2. The Balaban J connectivity index is 2.13. The van der Waals surface area contributed by atoms with Crippen molar-refractivity contribution in [3.8, 4) is 0 Å². The lowest BCUT2D eigenvalue weighted by molar-refractivity contribution is 0.826. The van der Waals surface area contributed by atoms with E-state index >= 15 is 0 Å². The quantitative estimate of drug-likeness (QED) is 0.530. The Morgan fingerprint density at radius 3 is 1.83 bits per heavy atom. The minimum Gasteiger partial charge on any atom is -0.185 e. The van der Waals surface area contributed by atoms with Gasteiger partial charge in [0.15, 0.2) is 0 Å². The van der Waals surface area contributed by atoms with Crippen LogP contribution in [0.15, 0.2) is 0 Å². The molecule has 0 amide bonds. The lowest BCUT2D eigenvalue weighted by Gasteiger charge is -1.96. The molecule has 1 saturated carbocycles. The van der Waals surface area contributed by atoms with Crippen LogP contribution in [0.3, 0.4) is 0 Å². The predicted octanol–water partition coefficient (Wildman–Crippen LogP) is 2.15. The van der Waals surface area contributed by atoms with Crippen molar-refractivity contribution in [1.82, 2.24) is 1.33 Å². The van der Waals surface area contributed by atoms with Crippen LogP contribution in [0, 0.1) is 0 Å². The highest BCUT2D eigenvalue weighted by Gasteiger charge is 2.25. The summed E-state index contributed by atoms with van der Waals surface area (Å²) in [5.41, 5.74) is 0. The zero-order valence-corrected chi connectivity index (χ0v) is 7.51. The summed E-state index contributed by atoms with van der Waals surface area (Å²) >= 11 is 4.63. The summed E-state index contributed by atoms with van der Waals surface area (Å²) in [6, 6.07) is 0.909. The summed E-state index contributed by atoms with van der Waals surface area (Å²) in [6.07, 6.45) is 2.82. The van der Waals surface area contributed by atoms with Crippen molar-refractivity contribution in [2.75, 3.05) is 0 Å². The Labute approximate surface area is 65.5 Å². The third kappa shape index (κ3) is 1.49. The maximum atomic E-state index is 2.31. The van der Waals surface area contributed by atoms with Crippen LogP contribution < -0.4 is 0 Å². The Morgan fingerprint density at radius 2 is 1.83 bits per heavy atom. The molecule has 0 aromatic rings. The first-order chi connectivity index (χ1) is 2.80. The summed E-state index contributed by atoms with van der Waals surface area (Å²) in [5.74, 6) is 0. The fourth-order valence-electron chi connectivity index (χ4n) is 0.270. The van der Waals surface area contributed by atoms with E-state index in [0.29, 0.717) is 0 Å². The second kappa shape index (κ2) is 2.13. The van der Waals surface area contributed by atoms with Crippen LogP contribution in [0.4, 0.5) is 0 Å². The zero-order chi connectivity index (χ0) is 4.57. The minimum atomic E-state index is 0.909.